The van der Waals surface area contributed by atoms with Gasteiger partial charge in [-0.05, 0) is 49.4 Å². The van der Waals surface area contributed by atoms with Gasteiger partial charge in [-0.25, -0.2) is 21.2 Å². The maximum atomic E-state index is 14.0. The number of benzene rings is 3. The fourth-order valence-electron chi connectivity index (χ4n) is 3.00. The Balaban J connectivity index is 2.06. The van der Waals surface area contributed by atoms with Crippen LogP contribution in [0.5, 0.6) is 5.75 Å². The summed E-state index contributed by atoms with van der Waals surface area (Å²) in [6.45, 7) is 1.85. The van der Waals surface area contributed by atoms with Gasteiger partial charge >= 0.3 is 0 Å². The molecule has 3 aromatic rings. The van der Waals surface area contributed by atoms with Crippen molar-refractivity contribution in [1.82, 2.24) is 0 Å². The minimum atomic E-state index is -4.33. The zero-order valence-electron chi connectivity index (χ0n) is 16.8. The lowest BCUT2D eigenvalue weighted by Gasteiger charge is -2.23. The van der Waals surface area contributed by atoms with Gasteiger partial charge in [0.2, 0.25) is 0 Å². The molecule has 0 saturated carbocycles. The van der Waals surface area contributed by atoms with Crippen LogP contribution in [0.2, 0.25) is 0 Å². The van der Waals surface area contributed by atoms with Crippen LogP contribution in [0, 0.1) is 5.82 Å². The van der Waals surface area contributed by atoms with E-state index in [4.69, 9.17) is 4.74 Å². The maximum absolute atomic E-state index is 14.0. The van der Waals surface area contributed by atoms with Crippen LogP contribution >= 0.6 is 0 Å². The minimum absolute atomic E-state index is 0.0848. The lowest BCUT2D eigenvalue weighted by Crippen LogP contribution is -2.30. The number of sulfonamides is 2. The molecule has 3 aromatic carbocycles. The molecule has 164 valence electrons. The van der Waals surface area contributed by atoms with Crippen LogP contribution in [-0.4, -0.2) is 30.5 Å². The molecule has 0 fully saturated rings. The van der Waals surface area contributed by atoms with Gasteiger partial charge in [0.25, 0.3) is 20.0 Å². The Kier molecular flexibility index (Phi) is 6.51. The van der Waals surface area contributed by atoms with E-state index in [1.807, 2.05) is 0 Å². The van der Waals surface area contributed by atoms with Gasteiger partial charge in [0, 0.05) is 6.54 Å². The summed E-state index contributed by atoms with van der Waals surface area (Å²) in [6, 6.07) is 17.2. The highest BCUT2D eigenvalue weighted by atomic mass is 32.2. The number of halogens is 1. The molecule has 10 heteroatoms. The third-order valence-electron chi connectivity index (χ3n) is 4.46. The smallest absolute Gasteiger partial charge is 0.264 e. The van der Waals surface area contributed by atoms with Crippen molar-refractivity contribution < 1.29 is 26.0 Å². The Hall–Kier alpha value is -3.11. The van der Waals surface area contributed by atoms with Gasteiger partial charge in [-0.3, -0.25) is 9.03 Å². The summed E-state index contributed by atoms with van der Waals surface area (Å²) in [7, 11) is -7.03. The van der Waals surface area contributed by atoms with Crippen molar-refractivity contribution >= 4 is 31.4 Å². The number of methoxy groups -OCH3 is 1. The first-order chi connectivity index (χ1) is 14.7. The fourth-order valence-corrected chi connectivity index (χ4v) is 5.64. The normalized spacial score (nSPS) is 11.7. The molecular formula is C21H21FN2O5S2. The quantitative estimate of drug-likeness (QED) is 0.547. The number of hydrogen-bond donors (Lipinski definition) is 1. The lowest BCUT2D eigenvalue weighted by atomic mass is 10.3. The minimum Gasteiger partial charge on any atom is -0.495 e. The van der Waals surface area contributed by atoms with Gasteiger partial charge < -0.3 is 4.74 Å². The van der Waals surface area contributed by atoms with Gasteiger partial charge in [-0.15, -0.1) is 0 Å². The van der Waals surface area contributed by atoms with E-state index < -0.39 is 30.8 Å². The Morgan fingerprint density at radius 3 is 2.19 bits per heavy atom. The number of nitrogens with one attached hydrogen (secondary N) is 1. The van der Waals surface area contributed by atoms with Crippen molar-refractivity contribution in [2.75, 3.05) is 22.7 Å². The highest BCUT2D eigenvalue weighted by molar-refractivity contribution is 7.93. The second-order valence-corrected chi connectivity index (χ2v) is 9.92. The predicted octanol–water partition coefficient (Wildman–Crippen LogP) is 3.85. The molecule has 1 N–H and O–H groups in total. The van der Waals surface area contributed by atoms with Gasteiger partial charge in [0.05, 0.1) is 23.4 Å². The summed E-state index contributed by atoms with van der Waals surface area (Å²) in [5.41, 5.74) is 0.338. The number of hydrogen-bond acceptors (Lipinski definition) is 5. The van der Waals surface area contributed by atoms with Crippen molar-refractivity contribution in [1.29, 1.82) is 0 Å². The second kappa shape index (κ2) is 8.94. The highest BCUT2D eigenvalue weighted by Gasteiger charge is 2.26. The Morgan fingerprint density at radius 1 is 0.935 bits per heavy atom. The van der Waals surface area contributed by atoms with Crippen molar-refractivity contribution in [3.63, 3.8) is 0 Å². The summed E-state index contributed by atoms with van der Waals surface area (Å²) < 4.78 is 74.5. The number of anilines is 2. The van der Waals surface area contributed by atoms with Gasteiger partial charge in [0.1, 0.15) is 16.5 Å². The molecule has 0 saturated heterocycles. The van der Waals surface area contributed by atoms with E-state index in [2.05, 4.69) is 4.72 Å². The van der Waals surface area contributed by atoms with E-state index in [-0.39, 0.29) is 22.9 Å². The average molecular weight is 465 g/mol. The standard InChI is InChI=1S/C21H21FN2O5S2/c1-3-24(16-9-5-4-6-10-16)31(27,28)17-13-14-20(29-2)19(15-17)23-30(25,26)21-12-8-7-11-18(21)22/h4-15,23H,3H2,1-2H3. The maximum Gasteiger partial charge on any atom is 0.264 e. The molecule has 0 aliphatic carbocycles. The number of ether oxygens (including phenoxy) is 1. The van der Waals surface area contributed by atoms with E-state index in [0.29, 0.717) is 5.69 Å². The van der Waals surface area contributed by atoms with Gasteiger partial charge in [-0.2, -0.15) is 0 Å². The summed E-state index contributed by atoms with van der Waals surface area (Å²) >= 11 is 0. The topological polar surface area (TPSA) is 92.8 Å². The molecule has 0 amide bonds. The Bertz CT molecular complexity index is 1280. The molecule has 0 spiro atoms. The third-order valence-corrected chi connectivity index (χ3v) is 7.76. The molecule has 3 rings (SSSR count). The summed E-state index contributed by atoms with van der Waals surface area (Å²) in [5, 5.41) is 0. The molecule has 0 radical (unpaired) electrons. The summed E-state index contributed by atoms with van der Waals surface area (Å²) in [6.07, 6.45) is 0. The van der Waals surface area contributed by atoms with E-state index in [1.165, 1.54) is 35.7 Å². The highest BCUT2D eigenvalue weighted by Crippen LogP contribution is 2.32. The van der Waals surface area contributed by atoms with E-state index in [0.717, 1.165) is 18.2 Å². The second-order valence-electron chi connectivity index (χ2n) is 6.40. The number of nitrogens with zero attached hydrogens (tertiary/aromatic N) is 1. The lowest BCUT2D eigenvalue weighted by molar-refractivity contribution is 0.416. The van der Waals surface area contributed by atoms with E-state index in [1.54, 1.807) is 37.3 Å². The number of para-hydroxylation sites is 1. The monoisotopic (exact) mass is 464 g/mol. The van der Waals surface area contributed by atoms with Crippen LogP contribution < -0.4 is 13.8 Å². The van der Waals surface area contributed by atoms with Crippen LogP contribution in [0.15, 0.2) is 82.6 Å². The van der Waals surface area contributed by atoms with Crippen molar-refractivity contribution in [3.8, 4) is 5.75 Å². The largest absolute Gasteiger partial charge is 0.495 e. The van der Waals surface area contributed by atoms with Gasteiger partial charge in [-0.1, -0.05) is 30.3 Å². The average Bonchev–Trinajstić information content (AvgIpc) is 2.74. The van der Waals surface area contributed by atoms with Crippen LogP contribution in [0.25, 0.3) is 0 Å². The first kappa shape index (κ1) is 22.6. The molecule has 31 heavy (non-hydrogen) atoms. The van der Waals surface area contributed by atoms with E-state index in [9.17, 15) is 21.2 Å². The molecule has 7 nitrogen and oxygen atoms in total. The molecule has 0 atom stereocenters. The molecule has 0 aliphatic heterocycles. The fraction of sp³-hybridized carbons (Fsp3) is 0.143. The zero-order valence-corrected chi connectivity index (χ0v) is 18.5. The molecule has 0 unspecified atom stereocenters. The summed E-state index contributed by atoms with van der Waals surface area (Å²) in [5.74, 6) is -0.847. The SMILES string of the molecule is CCN(c1ccccc1)S(=O)(=O)c1ccc(OC)c(NS(=O)(=O)c2ccccc2F)c1. The van der Waals surface area contributed by atoms with Crippen LogP contribution in [0.3, 0.4) is 0 Å². The Morgan fingerprint density at radius 2 is 1.58 bits per heavy atom. The molecule has 0 heterocycles. The molecule has 0 aromatic heterocycles. The first-order valence-electron chi connectivity index (χ1n) is 9.24. The van der Waals surface area contributed by atoms with Crippen molar-refractivity contribution in [2.45, 2.75) is 16.7 Å². The molecule has 0 bridgehead atoms. The number of rotatable bonds is 8. The van der Waals surface area contributed by atoms with E-state index >= 15 is 0 Å². The molecule has 0 aliphatic rings. The summed E-state index contributed by atoms with van der Waals surface area (Å²) in [4.78, 5) is -0.713. The van der Waals surface area contributed by atoms with Gasteiger partial charge in [0.15, 0.2) is 0 Å². The predicted molar refractivity (Wildman–Crippen MR) is 117 cm³/mol. The van der Waals surface area contributed by atoms with Crippen molar-refractivity contribution in [2.24, 2.45) is 0 Å². The molecular weight excluding hydrogens is 443 g/mol. The first-order valence-corrected chi connectivity index (χ1v) is 12.2. The Labute approximate surface area is 181 Å². The van der Waals surface area contributed by atoms with Crippen LogP contribution in [0.4, 0.5) is 15.8 Å². The van der Waals surface area contributed by atoms with Crippen LogP contribution in [-0.2, 0) is 20.0 Å². The third kappa shape index (κ3) is 4.64. The zero-order chi connectivity index (χ0) is 22.6. The van der Waals surface area contributed by atoms with Crippen LogP contribution in [0.1, 0.15) is 6.92 Å². The van der Waals surface area contributed by atoms with Crippen molar-refractivity contribution in [3.05, 3.63) is 78.6 Å².